The van der Waals surface area contributed by atoms with Crippen LogP contribution >= 0.6 is 0 Å². The van der Waals surface area contributed by atoms with Crippen LogP contribution in [0.15, 0.2) is 0 Å². The molecule has 2 unspecified atom stereocenters. The topological polar surface area (TPSA) is 21.3 Å². The third-order valence-corrected chi connectivity index (χ3v) is 5.99. The molecule has 18 heavy (non-hydrogen) atoms. The van der Waals surface area contributed by atoms with Crippen molar-refractivity contribution in [2.45, 2.75) is 66.5 Å². The lowest BCUT2D eigenvalue weighted by atomic mass is 9.95. The van der Waals surface area contributed by atoms with Crippen molar-refractivity contribution < 1.29 is 4.74 Å². The molecule has 0 aromatic heterocycles. The first kappa shape index (κ1) is 14.3. The average molecular weight is 253 g/mol. The van der Waals surface area contributed by atoms with Crippen molar-refractivity contribution in [1.29, 1.82) is 0 Å². The molecule has 2 fully saturated rings. The maximum absolute atomic E-state index is 5.83. The minimum Gasteiger partial charge on any atom is -0.378 e. The summed E-state index contributed by atoms with van der Waals surface area (Å²) in [5.74, 6) is 1.47. The molecule has 0 bridgehead atoms. The maximum atomic E-state index is 5.83. The molecular formula is C16H31NO. The summed E-state index contributed by atoms with van der Waals surface area (Å²) in [7, 11) is 0. The number of rotatable bonds is 4. The van der Waals surface area contributed by atoms with E-state index in [1.807, 2.05) is 0 Å². The Morgan fingerprint density at radius 3 is 2.28 bits per heavy atom. The smallest absolute Gasteiger partial charge is 0.0612 e. The van der Waals surface area contributed by atoms with Crippen molar-refractivity contribution >= 4 is 0 Å². The Kier molecular flexibility index (Phi) is 3.81. The lowest BCUT2D eigenvalue weighted by Gasteiger charge is -2.32. The zero-order valence-corrected chi connectivity index (χ0v) is 13.0. The molecule has 1 aliphatic heterocycles. The van der Waals surface area contributed by atoms with E-state index in [9.17, 15) is 0 Å². The zero-order valence-electron chi connectivity index (χ0n) is 13.0. The van der Waals surface area contributed by atoms with E-state index < -0.39 is 0 Å². The molecule has 2 nitrogen and oxygen atoms in total. The van der Waals surface area contributed by atoms with Crippen LogP contribution in [0.3, 0.4) is 0 Å². The van der Waals surface area contributed by atoms with Gasteiger partial charge in [-0.25, -0.2) is 0 Å². The highest BCUT2D eigenvalue weighted by Crippen LogP contribution is 2.67. The van der Waals surface area contributed by atoms with Crippen LogP contribution in [0, 0.1) is 22.7 Å². The third-order valence-electron chi connectivity index (χ3n) is 5.99. The summed E-state index contributed by atoms with van der Waals surface area (Å²) in [4.78, 5) is 0. The van der Waals surface area contributed by atoms with Crippen LogP contribution in [0.1, 0.15) is 54.4 Å². The lowest BCUT2D eigenvalue weighted by molar-refractivity contribution is -0.0245. The van der Waals surface area contributed by atoms with Crippen molar-refractivity contribution in [2.75, 3.05) is 13.2 Å². The van der Waals surface area contributed by atoms with Crippen LogP contribution in [0.2, 0.25) is 0 Å². The first-order chi connectivity index (χ1) is 8.26. The first-order valence-electron chi connectivity index (χ1n) is 7.61. The van der Waals surface area contributed by atoms with E-state index in [1.165, 1.54) is 19.4 Å². The number of ether oxygens (including phenoxy) is 1. The van der Waals surface area contributed by atoms with E-state index in [4.69, 9.17) is 4.74 Å². The van der Waals surface area contributed by atoms with Crippen molar-refractivity contribution in [3.05, 3.63) is 0 Å². The Hall–Kier alpha value is -0.0800. The van der Waals surface area contributed by atoms with Gasteiger partial charge in [-0.1, -0.05) is 41.5 Å². The summed E-state index contributed by atoms with van der Waals surface area (Å²) in [5.41, 5.74) is 1.01. The van der Waals surface area contributed by atoms with Crippen molar-refractivity contribution in [3.8, 4) is 0 Å². The van der Waals surface area contributed by atoms with Gasteiger partial charge in [-0.05, 0) is 42.1 Å². The molecule has 2 atom stereocenters. The van der Waals surface area contributed by atoms with Gasteiger partial charge in [-0.3, -0.25) is 0 Å². The molecule has 1 saturated heterocycles. The molecule has 0 aromatic rings. The molecule has 0 spiro atoms. The molecule has 106 valence electrons. The Morgan fingerprint density at radius 2 is 1.78 bits per heavy atom. The van der Waals surface area contributed by atoms with Gasteiger partial charge >= 0.3 is 0 Å². The Labute approximate surface area is 113 Å². The molecule has 2 aliphatic rings. The first-order valence-corrected chi connectivity index (χ1v) is 7.61. The molecule has 1 heterocycles. The van der Waals surface area contributed by atoms with E-state index in [1.54, 1.807) is 0 Å². The Morgan fingerprint density at radius 1 is 1.17 bits per heavy atom. The van der Waals surface area contributed by atoms with Crippen LogP contribution in [-0.2, 0) is 4.74 Å². The maximum Gasteiger partial charge on any atom is 0.0612 e. The van der Waals surface area contributed by atoms with E-state index >= 15 is 0 Å². The molecular weight excluding hydrogens is 222 g/mol. The second-order valence-corrected chi connectivity index (χ2v) is 7.78. The van der Waals surface area contributed by atoms with E-state index in [2.05, 4.69) is 46.9 Å². The highest BCUT2D eigenvalue weighted by molar-refractivity contribution is 5.13. The van der Waals surface area contributed by atoms with Gasteiger partial charge in [0.2, 0.25) is 0 Å². The summed E-state index contributed by atoms with van der Waals surface area (Å²) in [6.07, 6.45) is 2.82. The van der Waals surface area contributed by atoms with Gasteiger partial charge in [-0.15, -0.1) is 0 Å². The van der Waals surface area contributed by atoms with Gasteiger partial charge < -0.3 is 10.1 Å². The molecule has 0 aromatic carbocycles. The third kappa shape index (κ3) is 2.46. The number of nitrogens with one attached hydrogen (secondary N) is 1. The molecule has 2 rings (SSSR count). The summed E-state index contributed by atoms with van der Waals surface area (Å²) in [5, 5.41) is 3.80. The summed E-state index contributed by atoms with van der Waals surface area (Å²) in [6.45, 7) is 16.2. The minimum atomic E-state index is 0.455. The second-order valence-electron chi connectivity index (χ2n) is 7.78. The van der Waals surface area contributed by atoms with Crippen molar-refractivity contribution in [1.82, 2.24) is 5.32 Å². The van der Waals surface area contributed by atoms with E-state index in [0.29, 0.717) is 28.9 Å². The van der Waals surface area contributed by atoms with E-state index in [-0.39, 0.29) is 0 Å². The van der Waals surface area contributed by atoms with Crippen LogP contribution in [0.5, 0.6) is 0 Å². The lowest BCUT2D eigenvalue weighted by Crippen LogP contribution is -2.41. The predicted molar refractivity (Wildman–Crippen MR) is 76.7 cm³/mol. The van der Waals surface area contributed by atoms with Gasteiger partial charge in [-0.2, -0.15) is 0 Å². The number of hydrogen-bond donors (Lipinski definition) is 1. The molecule has 0 amide bonds. The fraction of sp³-hybridized carbons (Fsp3) is 1.00. The monoisotopic (exact) mass is 253 g/mol. The number of hydrogen-bond acceptors (Lipinski definition) is 2. The van der Waals surface area contributed by atoms with Gasteiger partial charge in [0.05, 0.1) is 6.10 Å². The van der Waals surface area contributed by atoms with Gasteiger partial charge in [0.1, 0.15) is 0 Å². The SMILES string of the molecule is CC(C)C1CC(NCC2C(C)(C)C2(C)C)CCO1. The summed E-state index contributed by atoms with van der Waals surface area (Å²) >= 11 is 0. The van der Waals surface area contributed by atoms with Crippen LogP contribution < -0.4 is 5.32 Å². The predicted octanol–water partition coefficient (Wildman–Crippen LogP) is 3.46. The van der Waals surface area contributed by atoms with Gasteiger partial charge in [0.25, 0.3) is 0 Å². The Balaban J connectivity index is 1.78. The zero-order chi connectivity index (χ0) is 13.6. The molecule has 2 heteroatoms. The quantitative estimate of drug-likeness (QED) is 0.828. The van der Waals surface area contributed by atoms with Gasteiger partial charge in [0, 0.05) is 12.6 Å². The largest absolute Gasteiger partial charge is 0.378 e. The fourth-order valence-electron chi connectivity index (χ4n) is 3.61. The highest BCUT2D eigenvalue weighted by atomic mass is 16.5. The van der Waals surface area contributed by atoms with Crippen LogP contribution in [0.25, 0.3) is 0 Å². The fourth-order valence-corrected chi connectivity index (χ4v) is 3.61. The van der Waals surface area contributed by atoms with Crippen LogP contribution in [0.4, 0.5) is 0 Å². The van der Waals surface area contributed by atoms with E-state index in [0.717, 1.165) is 12.5 Å². The highest BCUT2D eigenvalue weighted by Gasteiger charge is 2.63. The van der Waals surface area contributed by atoms with Crippen molar-refractivity contribution in [2.24, 2.45) is 22.7 Å². The van der Waals surface area contributed by atoms with Gasteiger partial charge in [0.15, 0.2) is 0 Å². The Bertz CT molecular complexity index is 281. The standard InChI is InChI=1S/C16H31NO/c1-11(2)13-9-12(7-8-18-13)17-10-14-15(3,4)16(14,5)6/h11-14,17H,7-10H2,1-6H3. The average Bonchev–Trinajstić information content (AvgIpc) is 2.67. The molecule has 1 saturated carbocycles. The minimum absolute atomic E-state index is 0.455. The normalized spacial score (nSPS) is 34.8. The summed E-state index contributed by atoms with van der Waals surface area (Å²) in [6, 6.07) is 0.665. The van der Waals surface area contributed by atoms with Crippen molar-refractivity contribution in [3.63, 3.8) is 0 Å². The summed E-state index contributed by atoms with van der Waals surface area (Å²) < 4.78 is 5.83. The van der Waals surface area contributed by atoms with Crippen LogP contribution in [-0.4, -0.2) is 25.3 Å². The molecule has 1 N–H and O–H groups in total. The molecule has 1 aliphatic carbocycles. The second kappa shape index (κ2) is 4.79. The molecule has 0 radical (unpaired) electrons.